The summed E-state index contributed by atoms with van der Waals surface area (Å²) in [6, 6.07) is 8.70. The molecule has 0 aliphatic rings. The lowest BCUT2D eigenvalue weighted by Gasteiger charge is -2.14. The van der Waals surface area contributed by atoms with E-state index >= 15 is 0 Å². The molecule has 2 aromatic rings. The summed E-state index contributed by atoms with van der Waals surface area (Å²) in [5.74, 6) is 0.901. The average Bonchev–Trinajstić information content (AvgIpc) is 2.92. The third-order valence-corrected chi connectivity index (χ3v) is 3.66. The van der Waals surface area contributed by atoms with Crippen LogP contribution in [0.3, 0.4) is 0 Å². The Bertz CT molecular complexity index is 449. The lowest BCUT2D eigenvalue weighted by Crippen LogP contribution is -2.14. The Hall–Kier alpha value is -1.39. The minimum Gasteiger partial charge on any atom is -0.488 e. The molecular formula is C14H18N2OS. The van der Waals surface area contributed by atoms with Gasteiger partial charge in [0.25, 0.3) is 0 Å². The van der Waals surface area contributed by atoms with E-state index in [1.165, 1.54) is 5.56 Å². The largest absolute Gasteiger partial charge is 0.488 e. The van der Waals surface area contributed by atoms with Crippen molar-refractivity contribution in [3.63, 3.8) is 0 Å². The molecule has 1 aromatic heterocycles. The fraction of sp³-hybridized carbons (Fsp3) is 0.357. The van der Waals surface area contributed by atoms with E-state index in [1.807, 2.05) is 30.9 Å². The van der Waals surface area contributed by atoms with E-state index in [1.54, 1.807) is 11.3 Å². The minimum atomic E-state index is 0.417. The van der Waals surface area contributed by atoms with Crippen LogP contribution in [0.1, 0.15) is 29.8 Å². The van der Waals surface area contributed by atoms with E-state index in [0.717, 1.165) is 17.0 Å². The van der Waals surface area contributed by atoms with Gasteiger partial charge in [-0.25, -0.2) is 0 Å². The van der Waals surface area contributed by atoms with E-state index < -0.39 is 0 Å². The van der Waals surface area contributed by atoms with Crippen molar-refractivity contribution in [2.75, 3.05) is 7.05 Å². The van der Waals surface area contributed by atoms with Gasteiger partial charge in [0.2, 0.25) is 0 Å². The monoisotopic (exact) mass is 262 g/mol. The number of nitrogens with one attached hydrogen (secondary N) is 1. The maximum absolute atomic E-state index is 5.70. The summed E-state index contributed by atoms with van der Waals surface area (Å²) in [6.07, 6.45) is 2.92. The first kappa shape index (κ1) is 13.1. The van der Waals surface area contributed by atoms with Gasteiger partial charge in [-0.3, -0.25) is 4.98 Å². The van der Waals surface area contributed by atoms with Crippen molar-refractivity contribution in [1.29, 1.82) is 0 Å². The van der Waals surface area contributed by atoms with Crippen LogP contribution in [0.4, 0.5) is 0 Å². The Morgan fingerprint density at radius 1 is 1.33 bits per heavy atom. The molecule has 1 heterocycles. The summed E-state index contributed by atoms with van der Waals surface area (Å²) in [5.41, 5.74) is 3.12. The molecule has 3 nitrogen and oxygen atoms in total. The molecule has 0 radical (unpaired) electrons. The molecule has 1 aromatic carbocycles. The van der Waals surface area contributed by atoms with Crippen molar-refractivity contribution in [3.8, 4) is 5.75 Å². The Balaban J connectivity index is 1.95. The topological polar surface area (TPSA) is 34.1 Å². The first-order valence-electron chi connectivity index (χ1n) is 6.11. The normalized spacial score (nSPS) is 12.3. The molecule has 0 amide bonds. The molecule has 0 saturated carbocycles. The molecule has 0 aliphatic carbocycles. The average molecular weight is 262 g/mol. The van der Waals surface area contributed by atoms with Crippen molar-refractivity contribution < 1.29 is 4.74 Å². The summed E-state index contributed by atoms with van der Waals surface area (Å²) in [6.45, 7) is 2.77. The van der Waals surface area contributed by atoms with Gasteiger partial charge in [0, 0.05) is 12.2 Å². The van der Waals surface area contributed by atoms with Crippen LogP contribution < -0.4 is 10.1 Å². The zero-order valence-electron chi connectivity index (χ0n) is 10.7. The van der Waals surface area contributed by atoms with Gasteiger partial charge in [0.1, 0.15) is 12.4 Å². The Morgan fingerprint density at radius 2 is 2.11 bits per heavy atom. The quantitative estimate of drug-likeness (QED) is 0.866. The molecule has 0 spiro atoms. The lowest BCUT2D eigenvalue weighted by atomic mass is 10.1. The number of hydrogen-bond donors (Lipinski definition) is 1. The van der Waals surface area contributed by atoms with E-state index in [-0.39, 0.29) is 0 Å². The maximum Gasteiger partial charge on any atom is 0.124 e. The van der Waals surface area contributed by atoms with Crippen LogP contribution in [0.15, 0.2) is 36.0 Å². The smallest absolute Gasteiger partial charge is 0.124 e. The van der Waals surface area contributed by atoms with Gasteiger partial charge < -0.3 is 10.1 Å². The van der Waals surface area contributed by atoms with E-state index in [0.29, 0.717) is 12.6 Å². The number of nitrogens with zero attached hydrogens (tertiary/aromatic N) is 1. The molecule has 0 aliphatic heterocycles. The zero-order chi connectivity index (χ0) is 12.8. The second kappa shape index (κ2) is 6.52. The summed E-state index contributed by atoms with van der Waals surface area (Å²) in [5, 5.41) is 3.29. The molecule has 0 bridgehead atoms. The predicted molar refractivity (Wildman–Crippen MR) is 75.0 cm³/mol. The first-order chi connectivity index (χ1) is 8.83. The molecule has 18 heavy (non-hydrogen) atoms. The van der Waals surface area contributed by atoms with Gasteiger partial charge >= 0.3 is 0 Å². The highest BCUT2D eigenvalue weighted by molar-refractivity contribution is 7.09. The van der Waals surface area contributed by atoms with Crippen LogP contribution >= 0.6 is 11.3 Å². The van der Waals surface area contributed by atoms with Gasteiger partial charge in [-0.15, -0.1) is 11.3 Å². The van der Waals surface area contributed by atoms with Gasteiger partial charge in [-0.05, 0) is 31.2 Å². The fourth-order valence-corrected chi connectivity index (χ4v) is 2.38. The van der Waals surface area contributed by atoms with Crippen LogP contribution in [0.2, 0.25) is 0 Å². The summed E-state index contributed by atoms with van der Waals surface area (Å²) < 4.78 is 5.70. The summed E-state index contributed by atoms with van der Waals surface area (Å²) >= 11 is 1.61. The molecular weight excluding hydrogens is 244 g/mol. The Kier molecular flexibility index (Phi) is 4.73. The molecule has 4 heteroatoms. The van der Waals surface area contributed by atoms with Crippen LogP contribution in [0, 0.1) is 0 Å². The third kappa shape index (κ3) is 3.31. The molecule has 2 rings (SSSR count). The second-order valence-corrected chi connectivity index (χ2v) is 5.05. The highest BCUT2D eigenvalue weighted by Crippen LogP contribution is 2.20. The van der Waals surface area contributed by atoms with E-state index in [9.17, 15) is 0 Å². The number of hydrogen-bond acceptors (Lipinski definition) is 4. The van der Waals surface area contributed by atoms with Crippen molar-refractivity contribution >= 4 is 11.3 Å². The number of thiazole rings is 1. The number of ether oxygens (including phenoxy) is 1. The number of benzene rings is 1. The first-order valence-corrected chi connectivity index (χ1v) is 6.98. The van der Waals surface area contributed by atoms with Gasteiger partial charge in [-0.2, -0.15) is 0 Å². The molecule has 0 saturated heterocycles. The second-order valence-electron chi connectivity index (χ2n) is 4.07. The Labute approximate surface area is 112 Å². The lowest BCUT2D eigenvalue weighted by molar-refractivity contribution is 0.309. The van der Waals surface area contributed by atoms with Crippen molar-refractivity contribution in [2.24, 2.45) is 0 Å². The highest BCUT2D eigenvalue weighted by Gasteiger charge is 2.06. The molecule has 1 N–H and O–H groups in total. The molecule has 96 valence electrons. The fourth-order valence-electron chi connectivity index (χ4n) is 1.87. The predicted octanol–water partition coefficient (Wildman–Crippen LogP) is 3.39. The molecule has 1 atom stereocenters. The zero-order valence-corrected chi connectivity index (χ0v) is 11.5. The standard InChI is InChI=1S/C14H18N2OS/c1-3-14(15-2)11-4-6-12(7-5-11)17-9-13-8-16-10-18-13/h4-8,10,14-15H,3,9H2,1-2H3. The highest BCUT2D eigenvalue weighted by atomic mass is 32.1. The SMILES string of the molecule is CCC(NC)c1ccc(OCc2cncs2)cc1. The van der Waals surface area contributed by atoms with Crippen LogP contribution in [0.5, 0.6) is 5.75 Å². The van der Waals surface area contributed by atoms with Gasteiger partial charge in [0.05, 0.1) is 10.4 Å². The van der Waals surface area contributed by atoms with Gasteiger partial charge in [-0.1, -0.05) is 19.1 Å². The van der Waals surface area contributed by atoms with Crippen molar-refractivity contribution in [2.45, 2.75) is 26.0 Å². The summed E-state index contributed by atoms with van der Waals surface area (Å²) in [7, 11) is 1.99. The number of aromatic nitrogens is 1. The van der Waals surface area contributed by atoms with E-state index in [2.05, 4.69) is 29.4 Å². The van der Waals surface area contributed by atoms with Gasteiger partial charge in [0.15, 0.2) is 0 Å². The van der Waals surface area contributed by atoms with E-state index in [4.69, 9.17) is 4.74 Å². The number of rotatable bonds is 6. The maximum atomic E-state index is 5.70. The molecule has 1 unspecified atom stereocenters. The van der Waals surface area contributed by atoms with Crippen LogP contribution in [-0.2, 0) is 6.61 Å². The van der Waals surface area contributed by atoms with Crippen LogP contribution in [0.25, 0.3) is 0 Å². The molecule has 0 fully saturated rings. The van der Waals surface area contributed by atoms with Crippen molar-refractivity contribution in [3.05, 3.63) is 46.4 Å². The minimum absolute atomic E-state index is 0.417. The third-order valence-electron chi connectivity index (χ3n) is 2.90. The Morgan fingerprint density at radius 3 is 2.67 bits per heavy atom. The summed E-state index contributed by atoms with van der Waals surface area (Å²) in [4.78, 5) is 5.16. The van der Waals surface area contributed by atoms with Crippen LogP contribution in [-0.4, -0.2) is 12.0 Å². The van der Waals surface area contributed by atoms with Crippen molar-refractivity contribution in [1.82, 2.24) is 10.3 Å².